The third kappa shape index (κ3) is 3.43. The smallest absolute Gasteiger partial charge is 0.283 e. The summed E-state index contributed by atoms with van der Waals surface area (Å²) in [7, 11) is 1.96. The summed E-state index contributed by atoms with van der Waals surface area (Å²) in [6.07, 6.45) is 4.50. The number of rotatable bonds is 6. The highest BCUT2D eigenvalue weighted by Crippen LogP contribution is 2.27. The number of benzene rings is 1. The molecule has 106 valence electrons. The molecule has 2 aromatic rings. The van der Waals surface area contributed by atoms with E-state index >= 15 is 0 Å². The average Bonchev–Trinajstić information content (AvgIpc) is 2.81. The molecule has 0 aliphatic heterocycles. The number of nitro groups is 1. The molecule has 1 aromatic heterocycles. The number of halogens is 1. The van der Waals surface area contributed by atoms with Gasteiger partial charge in [0.05, 0.1) is 9.40 Å². The zero-order chi connectivity index (χ0) is 14.5. The zero-order valence-electron chi connectivity index (χ0n) is 11.0. The van der Waals surface area contributed by atoms with Gasteiger partial charge in [-0.2, -0.15) is 0 Å². The van der Waals surface area contributed by atoms with E-state index in [2.05, 4.69) is 26.2 Å². The van der Waals surface area contributed by atoms with E-state index in [1.54, 1.807) is 12.3 Å². The van der Waals surface area contributed by atoms with E-state index in [-0.39, 0.29) is 10.6 Å². The van der Waals surface area contributed by atoms with Crippen LogP contribution in [-0.2, 0) is 20.0 Å². The van der Waals surface area contributed by atoms with Crippen LogP contribution in [0.2, 0.25) is 0 Å². The van der Waals surface area contributed by atoms with Crippen LogP contribution in [0.5, 0.6) is 0 Å². The van der Waals surface area contributed by atoms with E-state index in [0.29, 0.717) is 11.0 Å². The van der Waals surface area contributed by atoms with Crippen molar-refractivity contribution in [3.63, 3.8) is 0 Å². The van der Waals surface area contributed by atoms with Gasteiger partial charge in [-0.1, -0.05) is 12.1 Å². The van der Waals surface area contributed by atoms with Crippen LogP contribution < -0.4 is 5.32 Å². The van der Waals surface area contributed by atoms with Crippen LogP contribution in [0.3, 0.4) is 0 Å². The fourth-order valence-electron chi connectivity index (χ4n) is 1.90. The largest absolute Gasteiger partial charge is 0.338 e. The maximum absolute atomic E-state index is 10.8. The van der Waals surface area contributed by atoms with Crippen molar-refractivity contribution in [2.45, 2.75) is 13.0 Å². The summed E-state index contributed by atoms with van der Waals surface area (Å²) in [4.78, 5) is 14.7. The number of imidazole rings is 1. The topological polar surface area (TPSA) is 73.0 Å². The minimum Gasteiger partial charge on any atom is -0.338 e. The molecule has 2 rings (SSSR count). The quantitative estimate of drug-likeness (QED) is 0.498. The van der Waals surface area contributed by atoms with Gasteiger partial charge >= 0.3 is 0 Å². The highest BCUT2D eigenvalue weighted by molar-refractivity contribution is 9.10. The molecule has 6 nitrogen and oxygen atoms in total. The normalized spacial score (nSPS) is 10.7. The maximum Gasteiger partial charge on any atom is 0.283 e. The van der Waals surface area contributed by atoms with Gasteiger partial charge in [-0.15, -0.1) is 0 Å². The van der Waals surface area contributed by atoms with Crippen molar-refractivity contribution in [2.75, 3.05) is 6.54 Å². The van der Waals surface area contributed by atoms with E-state index in [0.717, 1.165) is 24.4 Å². The second-order valence-corrected chi connectivity index (χ2v) is 5.18. The molecule has 1 aromatic carbocycles. The van der Waals surface area contributed by atoms with Crippen molar-refractivity contribution in [3.8, 4) is 0 Å². The molecule has 0 aliphatic carbocycles. The summed E-state index contributed by atoms with van der Waals surface area (Å²) in [6, 6.07) is 5.05. The molecule has 0 bridgehead atoms. The van der Waals surface area contributed by atoms with Gasteiger partial charge < -0.3 is 9.88 Å². The van der Waals surface area contributed by atoms with Gasteiger partial charge in [0.15, 0.2) is 0 Å². The third-order valence-electron chi connectivity index (χ3n) is 3.02. The highest BCUT2D eigenvalue weighted by Gasteiger charge is 2.14. The van der Waals surface area contributed by atoms with Gasteiger partial charge in [-0.25, -0.2) is 4.98 Å². The van der Waals surface area contributed by atoms with Crippen LogP contribution in [0.15, 0.2) is 35.1 Å². The van der Waals surface area contributed by atoms with Gasteiger partial charge in [0.25, 0.3) is 5.69 Å². The predicted molar refractivity (Wildman–Crippen MR) is 79.4 cm³/mol. The van der Waals surface area contributed by atoms with Gasteiger partial charge in [-0.05, 0) is 21.5 Å². The Morgan fingerprint density at radius 2 is 2.30 bits per heavy atom. The van der Waals surface area contributed by atoms with Gasteiger partial charge in [0, 0.05) is 45.0 Å². The summed E-state index contributed by atoms with van der Waals surface area (Å²) in [5.41, 5.74) is 0.965. The second-order valence-electron chi connectivity index (χ2n) is 4.39. The fourth-order valence-corrected chi connectivity index (χ4v) is 2.45. The van der Waals surface area contributed by atoms with Crippen molar-refractivity contribution in [3.05, 3.63) is 56.6 Å². The van der Waals surface area contributed by atoms with Crippen molar-refractivity contribution < 1.29 is 4.92 Å². The van der Waals surface area contributed by atoms with Crippen molar-refractivity contribution in [1.29, 1.82) is 0 Å². The summed E-state index contributed by atoms with van der Waals surface area (Å²) in [5, 5.41) is 14.1. The van der Waals surface area contributed by atoms with E-state index in [1.807, 2.05) is 23.9 Å². The molecule has 0 radical (unpaired) electrons. The predicted octanol–water partition coefficient (Wildman–Crippen LogP) is 2.42. The molecule has 0 unspecified atom stereocenters. The number of aromatic nitrogens is 2. The molecule has 0 amide bonds. The van der Waals surface area contributed by atoms with E-state index < -0.39 is 0 Å². The second kappa shape index (κ2) is 6.62. The first-order chi connectivity index (χ1) is 9.59. The number of hydrogen-bond donors (Lipinski definition) is 1. The summed E-state index contributed by atoms with van der Waals surface area (Å²) < 4.78 is 2.51. The lowest BCUT2D eigenvalue weighted by Gasteiger charge is -2.07. The molecular formula is C13H15BrN4O2. The van der Waals surface area contributed by atoms with Crippen LogP contribution in [0.4, 0.5) is 5.69 Å². The summed E-state index contributed by atoms with van der Waals surface area (Å²) in [6.45, 7) is 1.34. The van der Waals surface area contributed by atoms with Gasteiger partial charge in [0.2, 0.25) is 0 Å². The molecule has 20 heavy (non-hydrogen) atoms. The lowest BCUT2D eigenvalue weighted by Crippen LogP contribution is -2.18. The number of hydrogen-bond acceptors (Lipinski definition) is 4. The van der Waals surface area contributed by atoms with Crippen LogP contribution in [-0.4, -0.2) is 21.0 Å². The standard InChI is InChI=1S/C13H15BrN4O2/c1-17-8-7-16-12(17)5-6-15-9-10-3-2-4-11(13(10)14)18(19)20/h2-4,7-8,15H,5-6,9H2,1H3. The minimum atomic E-state index is -0.387. The van der Waals surface area contributed by atoms with Crippen molar-refractivity contribution in [1.82, 2.24) is 14.9 Å². The summed E-state index contributed by atoms with van der Waals surface area (Å²) >= 11 is 3.29. The van der Waals surface area contributed by atoms with Crippen molar-refractivity contribution in [2.24, 2.45) is 7.05 Å². The average molecular weight is 339 g/mol. The fraction of sp³-hybridized carbons (Fsp3) is 0.308. The monoisotopic (exact) mass is 338 g/mol. The maximum atomic E-state index is 10.8. The van der Waals surface area contributed by atoms with Gasteiger partial charge in [0.1, 0.15) is 5.82 Å². The first-order valence-electron chi connectivity index (χ1n) is 6.18. The van der Waals surface area contributed by atoms with E-state index in [9.17, 15) is 10.1 Å². The first kappa shape index (κ1) is 14.7. The lowest BCUT2D eigenvalue weighted by atomic mass is 10.2. The van der Waals surface area contributed by atoms with Crippen LogP contribution >= 0.6 is 15.9 Å². The van der Waals surface area contributed by atoms with Crippen molar-refractivity contribution >= 4 is 21.6 Å². The van der Waals surface area contributed by atoms with Gasteiger partial charge in [-0.3, -0.25) is 10.1 Å². The molecule has 0 saturated carbocycles. The summed E-state index contributed by atoms with van der Waals surface area (Å²) in [5.74, 6) is 1.01. The Hall–Kier alpha value is -1.73. The molecule has 1 N–H and O–H groups in total. The Bertz CT molecular complexity index is 612. The number of nitrogens with one attached hydrogen (secondary N) is 1. The molecular weight excluding hydrogens is 324 g/mol. The Morgan fingerprint density at radius 1 is 1.50 bits per heavy atom. The minimum absolute atomic E-state index is 0.0911. The Balaban J connectivity index is 1.90. The first-order valence-corrected chi connectivity index (χ1v) is 6.97. The molecule has 0 saturated heterocycles. The zero-order valence-corrected chi connectivity index (χ0v) is 12.6. The number of nitrogens with zero attached hydrogens (tertiary/aromatic N) is 3. The number of nitro benzene ring substituents is 1. The SMILES string of the molecule is Cn1ccnc1CCNCc1cccc([N+](=O)[O-])c1Br. The molecule has 0 atom stereocenters. The molecule has 0 fully saturated rings. The molecule has 1 heterocycles. The lowest BCUT2D eigenvalue weighted by molar-refractivity contribution is -0.385. The number of aryl methyl sites for hydroxylation is 1. The van der Waals surface area contributed by atoms with E-state index in [4.69, 9.17) is 0 Å². The third-order valence-corrected chi connectivity index (χ3v) is 3.93. The van der Waals surface area contributed by atoms with Crippen LogP contribution in [0, 0.1) is 10.1 Å². The molecule has 7 heteroatoms. The van der Waals surface area contributed by atoms with E-state index in [1.165, 1.54) is 6.07 Å². The Morgan fingerprint density at radius 3 is 2.95 bits per heavy atom. The molecule has 0 spiro atoms. The molecule has 0 aliphatic rings. The van der Waals surface area contributed by atoms with Crippen LogP contribution in [0.25, 0.3) is 0 Å². The highest BCUT2D eigenvalue weighted by atomic mass is 79.9. The Kier molecular flexibility index (Phi) is 4.86. The van der Waals surface area contributed by atoms with Crippen LogP contribution in [0.1, 0.15) is 11.4 Å². The Labute approximate surface area is 125 Å².